The number of ketones is 1. The Bertz CT molecular complexity index is 1210. The number of hydrogen-bond acceptors (Lipinski definition) is 6. The molecule has 3 fully saturated rings. The van der Waals surface area contributed by atoms with Crippen LogP contribution in [-0.2, 0) is 10.2 Å². The first-order valence-corrected chi connectivity index (χ1v) is 12.8. The topological polar surface area (TPSA) is 93.0 Å². The Morgan fingerprint density at radius 3 is 2.51 bits per heavy atom. The number of ether oxygens (including phenoxy) is 1. The zero-order chi connectivity index (χ0) is 25.3. The average molecular weight is 482 g/mol. The number of hydrogen-bond donors (Lipinski definition) is 0. The fourth-order valence-electron chi connectivity index (χ4n) is 8.96. The molecule has 188 valence electrons. The number of Topliss-reactive ketones (excluding diaryl/α,β-unsaturated/α-hetero) is 1. The lowest BCUT2D eigenvalue weighted by atomic mass is 9.52. The molecule has 1 spiro atoms. The van der Waals surface area contributed by atoms with Gasteiger partial charge in [0.15, 0.2) is 5.78 Å². The minimum Gasteiger partial charge on any atom is -0.496 e. The highest BCUT2D eigenvalue weighted by Crippen LogP contribution is 2.75. The molecule has 6 rings (SSSR count). The van der Waals surface area contributed by atoms with Gasteiger partial charge in [0.05, 0.1) is 30.3 Å². The minimum absolute atomic E-state index is 0.0473. The Kier molecular flexibility index (Phi) is 4.22. The molecule has 8 heteroatoms. The van der Waals surface area contributed by atoms with Crippen molar-refractivity contribution in [2.75, 3.05) is 25.1 Å². The second-order valence-electron chi connectivity index (χ2n) is 12.9. The van der Waals surface area contributed by atoms with Crippen molar-refractivity contribution in [2.45, 2.75) is 89.3 Å². The number of anilines is 1. The van der Waals surface area contributed by atoms with Crippen molar-refractivity contribution in [3.8, 4) is 5.75 Å². The molecule has 0 radical (unpaired) electrons. The third-order valence-electron chi connectivity index (χ3n) is 11.1. The Morgan fingerprint density at radius 2 is 1.86 bits per heavy atom. The van der Waals surface area contributed by atoms with E-state index in [1.54, 1.807) is 11.0 Å². The molecule has 5 aliphatic rings. The second kappa shape index (κ2) is 6.44. The predicted octanol–water partition coefficient (Wildman–Crippen LogP) is 3.96. The van der Waals surface area contributed by atoms with E-state index in [9.17, 15) is 19.7 Å². The normalized spacial score (nSPS) is 38.5. The van der Waals surface area contributed by atoms with E-state index in [4.69, 9.17) is 4.74 Å². The van der Waals surface area contributed by atoms with E-state index < -0.39 is 27.3 Å². The molecular formula is C27H35N3O5. The molecule has 4 aliphatic heterocycles. The third-order valence-corrected chi connectivity index (χ3v) is 11.1. The number of carbonyl (C=O) groups is 2. The van der Waals surface area contributed by atoms with Crippen molar-refractivity contribution in [3.63, 3.8) is 0 Å². The highest BCUT2D eigenvalue weighted by atomic mass is 16.6. The van der Waals surface area contributed by atoms with Crippen molar-refractivity contribution in [3.05, 3.63) is 33.4 Å². The van der Waals surface area contributed by atoms with Gasteiger partial charge in [-0.2, -0.15) is 0 Å². The highest BCUT2D eigenvalue weighted by Gasteiger charge is 2.84. The molecule has 1 aromatic carbocycles. The molecule has 35 heavy (non-hydrogen) atoms. The molecule has 1 aromatic rings. The van der Waals surface area contributed by atoms with Crippen LogP contribution < -0.4 is 9.64 Å². The number of fused-ring (bicyclic) bond motifs is 3. The summed E-state index contributed by atoms with van der Waals surface area (Å²) in [5, 5.41) is 13.1. The molecule has 4 heterocycles. The Hall–Kier alpha value is -2.48. The first kappa shape index (κ1) is 23.0. The SMILES string of the molecule is COc1ccc2c3c1C(=O)CC(C)(C)N3C(=O)[C@@]21C[C@@]2([N+](=O)[O-])CN3CCC[C@@H]3C[C@@]2(C)C1(C)C. The zero-order valence-electron chi connectivity index (χ0n) is 21.6. The van der Waals surface area contributed by atoms with Gasteiger partial charge in [0.2, 0.25) is 11.4 Å². The van der Waals surface area contributed by atoms with Crippen molar-refractivity contribution < 1.29 is 19.2 Å². The first-order valence-electron chi connectivity index (χ1n) is 12.8. The Labute approximate surface area is 206 Å². The molecule has 0 unspecified atom stereocenters. The lowest BCUT2D eigenvalue weighted by Gasteiger charge is -2.53. The maximum Gasteiger partial charge on any atom is 0.241 e. The highest BCUT2D eigenvalue weighted by molar-refractivity contribution is 6.19. The van der Waals surface area contributed by atoms with Crippen LogP contribution in [0.5, 0.6) is 5.75 Å². The van der Waals surface area contributed by atoms with E-state index in [-0.39, 0.29) is 29.5 Å². The monoisotopic (exact) mass is 481 g/mol. The van der Waals surface area contributed by atoms with Crippen LogP contribution in [0, 0.1) is 20.9 Å². The van der Waals surface area contributed by atoms with E-state index in [1.165, 1.54) is 7.11 Å². The summed E-state index contributed by atoms with van der Waals surface area (Å²) in [6, 6.07) is 4.00. The summed E-state index contributed by atoms with van der Waals surface area (Å²) in [6.45, 7) is 11.3. The number of amides is 1. The Morgan fingerprint density at radius 1 is 1.14 bits per heavy atom. The number of nitro groups is 1. The standard InChI is InChI=1S/C27H35N3O5/c1-23(2)13-18(31)20-19(35-6)10-9-17-21(20)29(23)22(32)27(17)14-26(30(33)34)15-28-11-7-8-16(28)12-25(26,5)24(27,3)4/h9-10,16H,7-8,11-15H2,1-6H3/t16-,25+,26-,27-/m1/s1. The van der Waals surface area contributed by atoms with Crippen molar-refractivity contribution in [1.82, 2.24) is 4.90 Å². The summed E-state index contributed by atoms with van der Waals surface area (Å²) >= 11 is 0. The summed E-state index contributed by atoms with van der Waals surface area (Å²) < 4.78 is 5.57. The molecule has 0 bridgehead atoms. The van der Waals surface area contributed by atoms with Crippen LogP contribution in [0.4, 0.5) is 5.69 Å². The molecular weight excluding hydrogens is 446 g/mol. The number of benzene rings is 1. The number of piperidine rings is 1. The fraction of sp³-hybridized carbons (Fsp3) is 0.704. The minimum atomic E-state index is -1.25. The van der Waals surface area contributed by atoms with Gasteiger partial charge in [-0.1, -0.05) is 26.8 Å². The zero-order valence-corrected chi connectivity index (χ0v) is 21.6. The largest absolute Gasteiger partial charge is 0.496 e. The summed E-state index contributed by atoms with van der Waals surface area (Å²) in [4.78, 5) is 45.2. The van der Waals surface area contributed by atoms with Crippen LogP contribution in [0.25, 0.3) is 0 Å². The lowest BCUT2D eigenvalue weighted by molar-refractivity contribution is -0.595. The van der Waals surface area contributed by atoms with Crippen LogP contribution in [0.3, 0.4) is 0 Å². The lowest BCUT2D eigenvalue weighted by Crippen LogP contribution is -2.65. The van der Waals surface area contributed by atoms with Gasteiger partial charge in [0.25, 0.3) is 0 Å². The maximum absolute atomic E-state index is 14.8. The van der Waals surface area contributed by atoms with Gasteiger partial charge in [-0.05, 0) is 56.7 Å². The summed E-state index contributed by atoms with van der Waals surface area (Å²) in [5.41, 5.74) is -2.64. The predicted molar refractivity (Wildman–Crippen MR) is 131 cm³/mol. The van der Waals surface area contributed by atoms with Crippen LogP contribution in [0.2, 0.25) is 0 Å². The van der Waals surface area contributed by atoms with Crippen LogP contribution >= 0.6 is 0 Å². The van der Waals surface area contributed by atoms with E-state index in [2.05, 4.69) is 25.7 Å². The van der Waals surface area contributed by atoms with Crippen LogP contribution in [-0.4, -0.2) is 58.8 Å². The molecule has 0 N–H and O–H groups in total. The van der Waals surface area contributed by atoms with Crippen LogP contribution in [0.15, 0.2) is 12.1 Å². The van der Waals surface area contributed by atoms with Gasteiger partial charge in [-0.25, -0.2) is 0 Å². The van der Waals surface area contributed by atoms with E-state index in [0.29, 0.717) is 36.0 Å². The summed E-state index contributed by atoms with van der Waals surface area (Å²) in [6.07, 6.45) is 3.16. The quantitative estimate of drug-likeness (QED) is 0.469. The van der Waals surface area contributed by atoms with Gasteiger partial charge in [-0.3, -0.25) is 24.6 Å². The fourth-order valence-corrected chi connectivity index (χ4v) is 8.96. The van der Waals surface area contributed by atoms with E-state index in [1.807, 2.05) is 19.9 Å². The van der Waals surface area contributed by atoms with Crippen molar-refractivity contribution >= 4 is 17.4 Å². The Balaban J connectivity index is 1.66. The summed E-state index contributed by atoms with van der Waals surface area (Å²) in [7, 11) is 1.53. The number of nitrogens with zero attached hydrogens (tertiary/aromatic N) is 3. The van der Waals surface area contributed by atoms with Gasteiger partial charge in [0, 0.05) is 34.8 Å². The molecule has 1 amide bonds. The summed E-state index contributed by atoms with van der Waals surface area (Å²) in [5.74, 6) is 0.318. The van der Waals surface area contributed by atoms with Gasteiger partial charge in [0.1, 0.15) is 5.75 Å². The molecule has 1 aliphatic carbocycles. The maximum atomic E-state index is 14.8. The van der Waals surface area contributed by atoms with E-state index in [0.717, 1.165) is 24.9 Å². The molecule has 2 saturated heterocycles. The first-order chi connectivity index (χ1) is 16.3. The van der Waals surface area contributed by atoms with Crippen molar-refractivity contribution in [2.24, 2.45) is 10.8 Å². The third kappa shape index (κ3) is 2.25. The number of methoxy groups -OCH3 is 1. The molecule has 8 nitrogen and oxygen atoms in total. The van der Waals surface area contributed by atoms with E-state index >= 15 is 0 Å². The number of carbonyl (C=O) groups excluding carboxylic acids is 2. The number of rotatable bonds is 2. The average Bonchev–Trinajstić information content (AvgIpc) is 3.36. The van der Waals surface area contributed by atoms with Gasteiger partial charge in [-0.15, -0.1) is 0 Å². The molecule has 0 aromatic heterocycles. The van der Waals surface area contributed by atoms with Crippen molar-refractivity contribution in [1.29, 1.82) is 0 Å². The van der Waals surface area contributed by atoms with Gasteiger partial charge >= 0.3 is 0 Å². The molecule has 4 atom stereocenters. The second-order valence-corrected chi connectivity index (χ2v) is 12.9. The smallest absolute Gasteiger partial charge is 0.241 e. The van der Waals surface area contributed by atoms with Crippen LogP contribution in [0.1, 0.15) is 82.6 Å². The molecule has 1 saturated carbocycles. The van der Waals surface area contributed by atoms with Gasteiger partial charge < -0.3 is 9.64 Å².